The topological polar surface area (TPSA) is 112 Å². The summed E-state index contributed by atoms with van der Waals surface area (Å²) < 4.78 is 31.7. The second-order valence-corrected chi connectivity index (χ2v) is 11.5. The molecule has 1 aromatic carbocycles. The average Bonchev–Trinajstić information content (AvgIpc) is 3.40. The highest BCUT2D eigenvalue weighted by molar-refractivity contribution is 7.12. The molecule has 3 aromatic rings. The Morgan fingerprint density at radius 2 is 1.93 bits per heavy atom. The van der Waals surface area contributed by atoms with E-state index in [-0.39, 0.29) is 11.7 Å². The zero-order valence-corrected chi connectivity index (χ0v) is 24.3. The predicted octanol–water partition coefficient (Wildman–Crippen LogP) is 4.64. The first-order valence-electron chi connectivity index (χ1n) is 13.7. The molecule has 41 heavy (non-hydrogen) atoms. The predicted molar refractivity (Wildman–Crippen MR) is 158 cm³/mol. The Hall–Kier alpha value is -3.55. The Morgan fingerprint density at radius 1 is 1.15 bits per heavy atom. The minimum Gasteiger partial charge on any atom is -0.433 e. The fraction of sp³-hybridized carbons (Fsp3) is 0.464. The van der Waals surface area contributed by atoms with Crippen LogP contribution in [0, 0.1) is 6.92 Å². The SMILES string of the molecule is Cc1cnc(Nc2ccc(N3CCC(N4CCN(C)C[C@@H]4C)CC3)cc2OC(F)F)nc1Nc1ccsc1C(N)=O. The third-order valence-electron chi connectivity index (χ3n) is 7.72. The largest absolute Gasteiger partial charge is 0.433 e. The number of thiophene rings is 1. The van der Waals surface area contributed by atoms with Gasteiger partial charge < -0.3 is 30.9 Å². The molecule has 5 rings (SSSR count). The number of halogens is 2. The van der Waals surface area contributed by atoms with Crippen LogP contribution in [-0.4, -0.2) is 84.1 Å². The molecule has 220 valence electrons. The van der Waals surface area contributed by atoms with Crippen LogP contribution in [0.15, 0.2) is 35.8 Å². The molecule has 4 N–H and O–H groups in total. The van der Waals surface area contributed by atoms with Crippen molar-refractivity contribution >= 4 is 46.1 Å². The number of nitrogens with zero attached hydrogens (tertiary/aromatic N) is 5. The summed E-state index contributed by atoms with van der Waals surface area (Å²) in [6, 6.07) is 8.05. The van der Waals surface area contributed by atoms with E-state index in [1.54, 1.807) is 29.8 Å². The van der Waals surface area contributed by atoms with E-state index < -0.39 is 12.5 Å². The normalized spacial score (nSPS) is 19.0. The standard InChI is InChI=1S/C28H36F2N8O2S/c1-17-15-32-28(35-26(17)33-22-8-13-41-24(22)25(31)39)34-21-5-4-20(14-23(21)40-27(29)30)37-9-6-19(7-10-37)38-12-11-36(3)16-18(38)2/h4-5,8,13-15,18-19,27H,6-7,9-12,16H2,1-3H3,(H2,31,39)(H2,32,33,34,35)/t18-/m0/s1. The van der Waals surface area contributed by atoms with Crippen molar-refractivity contribution in [2.45, 2.75) is 45.4 Å². The molecule has 2 saturated heterocycles. The fourth-order valence-corrected chi connectivity index (χ4v) is 6.33. The van der Waals surface area contributed by atoms with Gasteiger partial charge in [0.15, 0.2) is 5.75 Å². The lowest BCUT2D eigenvalue weighted by Gasteiger charge is -2.46. The molecular weight excluding hydrogens is 550 g/mol. The van der Waals surface area contributed by atoms with Gasteiger partial charge in [-0.1, -0.05) is 0 Å². The molecule has 0 aliphatic carbocycles. The summed E-state index contributed by atoms with van der Waals surface area (Å²) in [5.74, 6) is 0.108. The van der Waals surface area contributed by atoms with Gasteiger partial charge in [-0.05, 0) is 57.3 Å². The Bertz CT molecular complexity index is 1360. The Kier molecular flexibility index (Phi) is 8.85. The van der Waals surface area contributed by atoms with Gasteiger partial charge in [-0.2, -0.15) is 13.8 Å². The van der Waals surface area contributed by atoms with Crippen molar-refractivity contribution < 1.29 is 18.3 Å². The van der Waals surface area contributed by atoms with Crippen LogP contribution in [0.2, 0.25) is 0 Å². The number of hydrogen-bond acceptors (Lipinski definition) is 10. The minimum atomic E-state index is -2.99. The number of hydrogen-bond donors (Lipinski definition) is 3. The molecule has 1 amide bonds. The first-order valence-corrected chi connectivity index (χ1v) is 14.6. The van der Waals surface area contributed by atoms with Crippen molar-refractivity contribution in [3.8, 4) is 5.75 Å². The molecule has 10 nitrogen and oxygen atoms in total. The summed E-state index contributed by atoms with van der Waals surface area (Å²) >= 11 is 1.23. The molecular formula is C28H36F2N8O2S. The maximum atomic E-state index is 13.4. The van der Waals surface area contributed by atoms with Crippen molar-refractivity contribution in [1.82, 2.24) is 19.8 Å². The fourth-order valence-electron chi connectivity index (χ4n) is 5.63. The summed E-state index contributed by atoms with van der Waals surface area (Å²) in [4.78, 5) is 28.1. The van der Waals surface area contributed by atoms with Crippen LogP contribution in [0.3, 0.4) is 0 Å². The molecule has 2 fully saturated rings. The summed E-state index contributed by atoms with van der Waals surface area (Å²) in [7, 11) is 2.17. The number of aromatic nitrogens is 2. The Morgan fingerprint density at radius 3 is 2.63 bits per heavy atom. The maximum Gasteiger partial charge on any atom is 0.387 e. The van der Waals surface area contributed by atoms with Gasteiger partial charge in [0.25, 0.3) is 5.91 Å². The van der Waals surface area contributed by atoms with E-state index in [0.717, 1.165) is 56.8 Å². The van der Waals surface area contributed by atoms with Crippen LogP contribution < -0.4 is 26.0 Å². The van der Waals surface area contributed by atoms with Gasteiger partial charge in [0.1, 0.15) is 10.7 Å². The number of alkyl halides is 2. The van der Waals surface area contributed by atoms with Gasteiger partial charge >= 0.3 is 6.61 Å². The lowest BCUT2D eigenvalue weighted by molar-refractivity contribution is -0.0493. The van der Waals surface area contributed by atoms with E-state index in [9.17, 15) is 13.6 Å². The first-order chi connectivity index (χ1) is 19.7. The zero-order chi connectivity index (χ0) is 29.1. The third kappa shape index (κ3) is 6.85. The molecule has 2 aliphatic heterocycles. The monoisotopic (exact) mass is 586 g/mol. The van der Waals surface area contributed by atoms with E-state index in [4.69, 9.17) is 10.5 Å². The van der Waals surface area contributed by atoms with Gasteiger partial charge in [-0.25, -0.2) is 4.98 Å². The number of primary amides is 1. The molecule has 0 spiro atoms. The van der Waals surface area contributed by atoms with Crippen molar-refractivity contribution in [2.24, 2.45) is 5.73 Å². The summed E-state index contributed by atoms with van der Waals surface area (Å²) in [5, 5.41) is 7.88. The van der Waals surface area contributed by atoms with Crippen LogP contribution in [0.25, 0.3) is 0 Å². The number of ether oxygens (including phenoxy) is 1. The number of rotatable bonds is 9. The van der Waals surface area contributed by atoms with Crippen LogP contribution in [0.1, 0.15) is 35.0 Å². The lowest BCUT2D eigenvalue weighted by Crippen LogP contribution is -2.56. The Balaban J connectivity index is 1.30. The van der Waals surface area contributed by atoms with E-state index >= 15 is 0 Å². The van der Waals surface area contributed by atoms with Crippen LogP contribution >= 0.6 is 11.3 Å². The van der Waals surface area contributed by atoms with E-state index in [1.807, 2.05) is 13.0 Å². The van der Waals surface area contributed by atoms with Crippen LogP contribution in [0.5, 0.6) is 5.75 Å². The number of nitrogens with one attached hydrogen (secondary N) is 2. The molecule has 0 saturated carbocycles. The highest BCUT2D eigenvalue weighted by Crippen LogP contribution is 2.35. The molecule has 0 radical (unpaired) electrons. The molecule has 13 heteroatoms. The zero-order valence-electron chi connectivity index (χ0n) is 23.4. The molecule has 2 aromatic heterocycles. The van der Waals surface area contributed by atoms with Crippen LogP contribution in [-0.2, 0) is 0 Å². The number of carbonyl (C=O) groups is 1. The number of piperazine rings is 1. The van der Waals surface area contributed by atoms with Gasteiger partial charge in [0.05, 0.1) is 11.4 Å². The number of anilines is 5. The highest BCUT2D eigenvalue weighted by Gasteiger charge is 2.31. The maximum absolute atomic E-state index is 13.4. The summed E-state index contributed by atoms with van der Waals surface area (Å²) in [6.45, 7) is 6.04. The number of aryl methyl sites for hydroxylation is 1. The van der Waals surface area contributed by atoms with Crippen molar-refractivity contribution in [3.63, 3.8) is 0 Å². The van der Waals surface area contributed by atoms with Crippen molar-refractivity contribution in [2.75, 3.05) is 55.3 Å². The number of carbonyl (C=O) groups excluding carboxylic acids is 1. The number of nitrogens with two attached hydrogens (primary N) is 1. The second kappa shape index (κ2) is 12.5. The quantitative estimate of drug-likeness (QED) is 0.330. The van der Waals surface area contributed by atoms with Gasteiger partial charge in [-0.15, -0.1) is 11.3 Å². The van der Waals surface area contributed by atoms with E-state index in [0.29, 0.717) is 34.2 Å². The number of piperidine rings is 1. The summed E-state index contributed by atoms with van der Waals surface area (Å²) in [6.07, 6.45) is 3.64. The number of amides is 1. The van der Waals surface area contributed by atoms with E-state index in [2.05, 4.69) is 49.3 Å². The average molecular weight is 587 g/mol. The second-order valence-electron chi connectivity index (χ2n) is 10.6. The molecule has 4 heterocycles. The van der Waals surface area contributed by atoms with Crippen molar-refractivity contribution in [3.05, 3.63) is 46.3 Å². The first kappa shape index (κ1) is 29.0. The van der Waals surface area contributed by atoms with Gasteiger partial charge in [0.2, 0.25) is 5.95 Å². The van der Waals surface area contributed by atoms with Gasteiger partial charge in [-0.3, -0.25) is 9.69 Å². The highest BCUT2D eigenvalue weighted by atomic mass is 32.1. The Labute approximate surface area is 242 Å². The van der Waals surface area contributed by atoms with Gasteiger partial charge in [0, 0.05) is 68.3 Å². The molecule has 1 atom stereocenters. The smallest absolute Gasteiger partial charge is 0.387 e. The summed E-state index contributed by atoms with van der Waals surface area (Å²) in [5.41, 5.74) is 7.87. The number of likely N-dealkylation sites (N-methyl/N-ethyl adjacent to an activating group) is 1. The minimum absolute atomic E-state index is 0.0137. The van der Waals surface area contributed by atoms with E-state index in [1.165, 1.54) is 11.3 Å². The molecule has 2 aliphatic rings. The van der Waals surface area contributed by atoms with Crippen molar-refractivity contribution in [1.29, 1.82) is 0 Å². The molecule has 0 bridgehead atoms. The van der Waals surface area contributed by atoms with Crippen LogP contribution in [0.4, 0.5) is 37.6 Å². The lowest BCUT2D eigenvalue weighted by atomic mass is 9.99. The third-order valence-corrected chi connectivity index (χ3v) is 8.65. The molecule has 0 unspecified atom stereocenters. The number of benzene rings is 1.